The average molecular weight is 542 g/mol. The smallest absolute Gasteiger partial charge is 0.406 e. The van der Waals surface area contributed by atoms with Crippen LogP contribution in [0, 0.1) is 11.2 Å². The van der Waals surface area contributed by atoms with E-state index in [0.29, 0.717) is 35.4 Å². The average Bonchev–Trinajstić information content (AvgIpc) is 3.19. The highest BCUT2D eigenvalue weighted by Crippen LogP contribution is 2.78. The van der Waals surface area contributed by atoms with Crippen molar-refractivity contribution in [3.05, 3.63) is 53.2 Å². The lowest BCUT2D eigenvalue weighted by Gasteiger charge is -2.69. The number of amides is 1. The molecule has 38 heavy (non-hydrogen) atoms. The fourth-order valence-electron chi connectivity index (χ4n) is 6.28. The first-order chi connectivity index (χ1) is 17.8. The first kappa shape index (κ1) is 24.9. The van der Waals surface area contributed by atoms with Crippen molar-refractivity contribution in [2.75, 3.05) is 13.1 Å². The van der Waals surface area contributed by atoms with Crippen molar-refractivity contribution in [3.8, 4) is 5.75 Å². The number of fused-ring (bicyclic) bond motifs is 1. The Hall–Kier alpha value is -3.38. The minimum Gasteiger partial charge on any atom is -0.406 e. The standard InChI is InChI=1S/C25H21F7N4O2/c26-16-9-33-19-18(34-21(35-19)22-10-23(11-22,12-22)24(27,28)29)17(16)13-5-7-36(8-6-13)20(37)14-1-3-15(4-2-14)38-25(30,31)32/h1-4,9,13H,5-8,10-12H2,(H,33,34,35). The van der Waals surface area contributed by atoms with Crippen molar-refractivity contribution in [1.29, 1.82) is 0 Å². The van der Waals surface area contributed by atoms with E-state index in [1.165, 1.54) is 12.1 Å². The zero-order chi connectivity index (χ0) is 27.1. The molecule has 13 heteroatoms. The lowest BCUT2D eigenvalue weighted by atomic mass is 9.34. The normalized spacial score (nSPS) is 25.7. The number of rotatable bonds is 4. The van der Waals surface area contributed by atoms with Crippen LogP contribution in [-0.2, 0) is 5.41 Å². The van der Waals surface area contributed by atoms with Crippen LogP contribution < -0.4 is 4.74 Å². The predicted octanol–water partition coefficient (Wildman–Crippen LogP) is 6.00. The number of ether oxygens (including phenoxy) is 1. The number of carbonyl (C=O) groups excluding carboxylic acids is 1. The largest absolute Gasteiger partial charge is 0.573 e. The topological polar surface area (TPSA) is 71.1 Å². The van der Waals surface area contributed by atoms with E-state index in [0.717, 1.165) is 18.3 Å². The Labute approximate surface area is 211 Å². The second-order valence-electron chi connectivity index (χ2n) is 10.5. The first-order valence-electron chi connectivity index (χ1n) is 12.1. The molecule has 1 saturated heterocycles. The molecule has 1 aliphatic heterocycles. The maximum atomic E-state index is 15.0. The summed E-state index contributed by atoms with van der Waals surface area (Å²) in [5.41, 5.74) is -1.17. The minimum atomic E-state index is -4.83. The molecule has 0 atom stereocenters. The third-order valence-corrected chi connectivity index (χ3v) is 8.16. The molecule has 4 fully saturated rings. The molecule has 3 aromatic rings. The van der Waals surface area contributed by atoms with Gasteiger partial charge in [-0.2, -0.15) is 13.2 Å². The number of nitrogens with zero attached hydrogens (tertiary/aromatic N) is 3. The van der Waals surface area contributed by atoms with Crippen LogP contribution in [-0.4, -0.2) is 51.4 Å². The maximum Gasteiger partial charge on any atom is 0.573 e. The molecule has 0 unspecified atom stereocenters. The number of imidazole rings is 1. The number of benzene rings is 1. The molecule has 4 aliphatic rings. The van der Waals surface area contributed by atoms with E-state index >= 15 is 0 Å². The van der Waals surface area contributed by atoms with Crippen molar-refractivity contribution in [2.24, 2.45) is 5.41 Å². The van der Waals surface area contributed by atoms with Gasteiger partial charge in [0.2, 0.25) is 0 Å². The summed E-state index contributed by atoms with van der Waals surface area (Å²) in [6, 6.07) is 4.63. The Morgan fingerprint density at radius 3 is 2.24 bits per heavy atom. The summed E-state index contributed by atoms with van der Waals surface area (Å²) in [5, 5.41) is 0. The number of likely N-dealkylation sites (tertiary alicyclic amines) is 1. The SMILES string of the molecule is O=C(c1ccc(OC(F)(F)F)cc1)N1CCC(c2c(F)cnc3[nH]c(C45CC(C(F)(F)F)(C4)C5)nc23)CC1. The molecule has 0 radical (unpaired) electrons. The number of nitrogens with one attached hydrogen (secondary N) is 1. The summed E-state index contributed by atoms with van der Waals surface area (Å²) in [7, 11) is 0. The third-order valence-electron chi connectivity index (χ3n) is 8.16. The molecule has 2 bridgehead atoms. The lowest BCUT2D eigenvalue weighted by molar-refractivity contribution is -0.338. The Kier molecular flexibility index (Phi) is 5.29. The number of aromatic amines is 1. The monoisotopic (exact) mass is 542 g/mol. The fraction of sp³-hybridized carbons (Fsp3) is 0.480. The van der Waals surface area contributed by atoms with Crippen molar-refractivity contribution < 1.29 is 40.3 Å². The second-order valence-corrected chi connectivity index (χ2v) is 10.5. The van der Waals surface area contributed by atoms with E-state index in [9.17, 15) is 35.5 Å². The number of alkyl halides is 6. The second kappa shape index (κ2) is 8.06. The molecule has 1 amide bonds. The van der Waals surface area contributed by atoms with Crippen LogP contribution >= 0.6 is 0 Å². The maximum absolute atomic E-state index is 15.0. The number of hydrogen-bond acceptors (Lipinski definition) is 4. The zero-order valence-electron chi connectivity index (χ0n) is 19.7. The van der Waals surface area contributed by atoms with Gasteiger partial charge in [-0.15, -0.1) is 13.2 Å². The highest BCUT2D eigenvalue weighted by molar-refractivity contribution is 5.94. The quantitative estimate of drug-likeness (QED) is 0.411. The van der Waals surface area contributed by atoms with Gasteiger partial charge in [0.25, 0.3) is 5.91 Å². The van der Waals surface area contributed by atoms with Gasteiger partial charge in [0.05, 0.1) is 11.6 Å². The molecule has 1 aromatic carbocycles. The molecule has 1 N–H and O–H groups in total. The molecule has 2 aromatic heterocycles. The molecular weight excluding hydrogens is 521 g/mol. The van der Waals surface area contributed by atoms with E-state index in [-0.39, 0.29) is 49.7 Å². The van der Waals surface area contributed by atoms with Gasteiger partial charge in [-0.05, 0) is 62.3 Å². The van der Waals surface area contributed by atoms with Crippen LogP contribution in [0.4, 0.5) is 30.7 Å². The Morgan fingerprint density at radius 2 is 1.66 bits per heavy atom. The predicted molar refractivity (Wildman–Crippen MR) is 119 cm³/mol. The molecule has 3 heterocycles. The van der Waals surface area contributed by atoms with Gasteiger partial charge in [0.15, 0.2) is 5.65 Å². The highest BCUT2D eigenvalue weighted by atomic mass is 19.4. The number of hydrogen-bond donors (Lipinski definition) is 1. The summed E-state index contributed by atoms with van der Waals surface area (Å²) in [4.78, 5) is 26.0. The van der Waals surface area contributed by atoms with Crippen LogP contribution in [0.25, 0.3) is 11.2 Å². The van der Waals surface area contributed by atoms with E-state index in [1.807, 2.05) is 0 Å². The highest BCUT2D eigenvalue weighted by Gasteiger charge is 2.79. The molecule has 0 spiro atoms. The van der Waals surface area contributed by atoms with E-state index in [2.05, 4.69) is 19.7 Å². The molecule has 7 rings (SSSR count). The van der Waals surface area contributed by atoms with Gasteiger partial charge < -0.3 is 14.6 Å². The summed E-state index contributed by atoms with van der Waals surface area (Å²) >= 11 is 0. The van der Waals surface area contributed by atoms with E-state index in [1.54, 1.807) is 4.90 Å². The van der Waals surface area contributed by atoms with E-state index < -0.39 is 34.9 Å². The van der Waals surface area contributed by atoms with Gasteiger partial charge >= 0.3 is 12.5 Å². The first-order valence-corrected chi connectivity index (χ1v) is 12.1. The lowest BCUT2D eigenvalue weighted by Crippen LogP contribution is -2.70. The summed E-state index contributed by atoms with van der Waals surface area (Å²) in [5.74, 6) is -1.26. The number of halogens is 7. The Balaban J connectivity index is 1.15. The summed E-state index contributed by atoms with van der Waals surface area (Å²) in [6.07, 6.45) is -7.31. The van der Waals surface area contributed by atoms with E-state index in [4.69, 9.17) is 0 Å². The van der Waals surface area contributed by atoms with Gasteiger partial charge in [-0.3, -0.25) is 4.79 Å². The molecule has 6 nitrogen and oxygen atoms in total. The van der Waals surface area contributed by atoms with Crippen LogP contribution in [0.3, 0.4) is 0 Å². The molecule has 202 valence electrons. The van der Waals surface area contributed by atoms with Gasteiger partial charge in [0.1, 0.15) is 22.9 Å². The van der Waals surface area contributed by atoms with Crippen LogP contribution in [0.2, 0.25) is 0 Å². The van der Waals surface area contributed by atoms with Gasteiger partial charge in [-0.25, -0.2) is 14.4 Å². The van der Waals surface area contributed by atoms with Gasteiger partial charge in [0, 0.05) is 29.6 Å². The number of carbonyl (C=O) groups is 1. The van der Waals surface area contributed by atoms with Crippen molar-refractivity contribution in [2.45, 2.75) is 56.0 Å². The molecular formula is C25H21F7N4O2. The fourth-order valence-corrected chi connectivity index (χ4v) is 6.28. The van der Waals surface area contributed by atoms with Gasteiger partial charge in [-0.1, -0.05) is 0 Å². The molecule has 3 aliphatic carbocycles. The Bertz CT molecular complexity index is 1390. The van der Waals surface area contributed by atoms with Crippen LogP contribution in [0.15, 0.2) is 30.5 Å². The summed E-state index contributed by atoms with van der Waals surface area (Å²) < 4.78 is 95.7. The van der Waals surface area contributed by atoms with Crippen LogP contribution in [0.5, 0.6) is 5.75 Å². The van der Waals surface area contributed by atoms with Crippen molar-refractivity contribution in [1.82, 2.24) is 19.9 Å². The minimum absolute atomic E-state index is 0.0368. The Morgan fingerprint density at radius 1 is 1.03 bits per heavy atom. The van der Waals surface area contributed by atoms with Crippen molar-refractivity contribution in [3.63, 3.8) is 0 Å². The van der Waals surface area contributed by atoms with Crippen LogP contribution in [0.1, 0.15) is 59.8 Å². The van der Waals surface area contributed by atoms with Crippen molar-refractivity contribution >= 4 is 17.1 Å². The summed E-state index contributed by atoms with van der Waals surface area (Å²) in [6.45, 7) is 0.561. The number of aromatic nitrogens is 3. The zero-order valence-corrected chi connectivity index (χ0v) is 19.7. The molecule has 3 saturated carbocycles. The number of H-pyrrole nitrogens is 1. The number of piperidine rings is 1. The number of pyridine rings is 1. The third kappa shape index (κ3) is 3.89.